The van der Waals surface area contributed by atoms with Crippen LogP contribution in [0.1, 0.15) is 29.1 Å². The van der Waals surface area contributed by atoms with Gasteiger partial charge in [-0.2, -0.15) is 5.21 Å². The van der Waals surface area contributed by atoms with Gasteiger partial charge < -0.3 is 15.2 Å². The molecular weight excluding hydrogens is 250 g/mol. The fourth-order valence-corrected chi connectivity index (χ4v) is 1.52. The van der Waals surface area contributed by atoms with Crippen LogP contribution in [0.4, 0.5) is 0 Å². The minimum Gasteiger partial charge on any atom is -0.507 e. The van der Waals surface area contributed by atoms with Crippen LogP contribution >= 0.6 is 0 Å². The second-order valence-corrected chi connectivity index (χ2v) is 3.85. The number of rotatable bonds is 4. The van der Waals surface area contributed by atoms with Gasteiger partial charge in [0.15, 0.2) is 5.82 Å². The number of nitrogens with zero attached hydrogens (tertiary/aromatic N) is 3. The standard InChI is InChI=1S/C11H13N5O3/c1-6(10-13-15-16-14-10)12-11(18)8-4-3-7(19-2)5-9(8)17/h3-6,17H,1-2H3,(H,12,18)(H,13,14,15,16). The monoisotopic (exact) mass is 263 g/mol. The minimum atomic E-state index is -0.433. The molecular formula is C11H13N5O3. The number of ether oxygens (including phenoxy) is 1. The van der Waals surface area contributed by atoms with Crippen LogP contribution in [0.5, 0.6) is 11.5 Å². The van der Waals surface area contributed by atoms with Gasteiger partial charge in [-0.3, -0.25) is 4.79 Å². The van der Waals surface area contributed by atoms with Crippen molar-refractivity contribution in [2.24, 2.45) is 0 Å². The number of methoxy groups -OCH3 is 1. The molecule has 1 aromatic carbocycles. The van der Waals surface area contributed by atoms with E-state index in [1.807, 2.05) is 0 Å². The lowest BCUT2D eigenvalue weighted by atomic mass is 10.1. The van der Waals surface area contributed by atoms with Crippen molar-refractivity contribution < 1.29 is 14.6 Å². The number of hydrogen-bond donors (Lipinski definition) is 3. The molecule has 2 aromatic rings. The van der Waals surface area contributed by atoms with E-state index in [0.29, 0.717) is 11.6 Å². The third-order valence-electron chi connectivity index (χ3n) is 2.55. The normalized spacial score (nSPS) is 11.9. The fraction of sp³-hybridized carbons (Fsp3) is 0.273. The van der Waals surface area contributed by atoms with E-state index < -0.39 is 11.9 Å². The smallest absolute Gasteiger partial charge is 0.255 e. The number of hydrogen-bond acceptors (Lipinski definition) is 6. The molecule has 0 aliphatic heterocycles. The zero-order chi connectivity index (χ0) is 13.8. The lowest BCUT2D eigenvalue weighted by molar-refractivity contribution is 0.0935. The second kappa shape index (κ2) is 5.34. The van der Waals surface area contributed by atoms with E-state index in [1.165, 1.54) is 19.2 Å². The maximum absolute atomic E-state index is 12.0. The quantitative estimate of drug-likeness (QED) is 0.736. The first-order valence-corrected chi connectivity index (χ1v) is 5.53. The number of benzene rings is 1. The Bertz CT molecular complexity index is 570. The van der Waals surface area contributed by atoms with Crippen molar-refractivity contribution >= 4 is 5.91 Å². The molecule has 1 amide bonds. The summed E-state index contributed by atoms with van der Waals surface area (Å²) in [6.45, 7) is 1.71. The Morgan fingerprint density at radius 2 is 2.32 bits per heavy atom. The number of aromatic amines is 1. The molecule has 0 aliphatic rings. The highest BCUT2D eigenvalue weighted by Crippen LogP contribution is 2.23. The molecule has 100 valence electrons. The molecule has 1 atom stereocenters. The first kappa shape index (κ1) is 12.8. The van der Waals surface area contributed by atoms with Gasteiger partial charge in [0, 0.05) is 6.07 Å². The first-order valence-electron chi connectivity index (χ1n) is 5.53. The number of aromatic hydroxyl groups is 1. The molecule has 8 nitrogen and oxygen atoms in total. The summed E-state index contributed by atoms with van der Waals surface area (Å²) in [7, 11) is 1.48. The maximum atomic E-state index is 12.0. The predicted molar refractivity (Wildman–Crippen MR) is 64.7 cm³/mol. The summed E-state index contributed by atoms with van der Waals surface area (Å²) in [5.74, 6) is 0.247. The van der Waals surface area contributed by atoms with Gasteiger partial charge in [0.05, 0.1) is 18.7 Å². The van der Waals surface area contributed by atoms with E-state index in [2.05, 4.69) is 25.9 Å². The van der Waals surface area contributed by atoms with Crippen molar-refractivity contribution in [2.75, 3.05) is 7.11 Å². The Hall–Kier alpha value is -2.64. The van der Waals surface area contributed by atoms with Gasteiger partial charge in [-0.15, -0.1) is 10.2 Å². The predicted octanol–water partition coefficient (Wildman–Crippen LogP) is 0.405. The fourth-order valence-electron chi connectivity index (χ4n) is 1.52. The van der Waals surface area contributed by atoms with E-state index in [9.17, 15) is 9.90 Å². The van der Waals surface area contributed by atoms with Crippen LogP contribution in [0, 0.1) is 0 Å². The van der Waals surface area contributed by atoms with Crippen molar-refractivity contribution in [1.29, 1.82) is 0 Å². The van der Waals surface area contributed by atoms with Gasteiger partial charge in [-0.05, 0) is 19.1 Å². The highest BCUT2D eigenvalue weighted by molar-refractivity contribution is 5.97. The molecule has 0 fully saturated rings. The van der Waals surface area contributed by atoms with Crippen LogP contribution in [0.15, 0.2) is 18.2 Å². The summed E-state index contributed by atoms with van der Waals surface area (Å²) in [5, 5.41) is 25.6. The number of H-pyrrole nitrogens is 1. The van der Waals surface area contributed by atoms with Crippen molar-refractivity contribution in [3.63, 3.8) is 0 Å². The van der Waals surface area contributed by atoms with Crippen LogP contribution < -0.4 is 10.1 Å². The molecule has 0 saturated carbocycles. The van der Waals surface area contributed by atoms with Gasteiger partial charge >= 0.3 is 0 Å². The van der Waals surface area contributed by atoms with Gasteiger partial charge in [0.2, 0.25) is 0 Å². The summed E-state index contributed by atoms with van der Waals surface area (Å²) >= 11 is 0. The third-order valence-corrected chi connectivity index (χ3v) is 2.55. The van der Waals surface area contributed by atoms with Gasteiger partial charge in [-0.25, -0.2) is 0 Å². The molecule has 0 aliphatic carbocycles. The van der Waals surface area contributed by atoms with E-state index >= 15 is 0 Å². The number of carbonyl (C=O) groups is 1. The summed E-state index contributed by atoms with van der Waals surface area (Å²) < 4.78 is 4.95. The number of phenols is 1. The highest BCUT2D eigenvalue weighted by Gasteiger charge is 2.17. The Morgan fingerprint density at radius 3 is 2.89 bits per heavy atom. The van der Waals surface area contributed by atoms with Crippen molar-refractivity contribution in [2.45, 2.75) is 13.0 Å². The van der Waals surface area contributed by atoms with Crippen LogP contribution in [0.25, 0.3) is 0 Å². The molecule has 0 radical (unpaired) electrons. The summed E-state index contributed by atoms with van der Waals surface area (Å²) in [5.41, 5.74) is 0.149. The Kier molecular flexibility index (Phi) is 3.60. The van der Waals surface area contributed by atoms with E-state index in [1.54, 1.807) is 13.0 Å². The molecule has 1 unspecified atom stereocenters. The van der Waals surface area contributed by atoms with Crippen LogP contribution in [0.3, 0.4) is 0 Å². The molecule has 2 rings (SSSR count). The average molecular weight is 263 g/mol. The Balaban J connectivity index is 2.12. The first-order chi connectivity index (χ1) is 9.11. The SMILES string of the molecule is COc1ccc(C(=O)NC(C)c2nn[nH]n2)c(O)c1. The Morgan fingerprint density at radius 1 is 1.53 bits per heavy atom. The molecule has 0 bridgehead atoms. The molecule has 19 heavy (non-hydrogen) atoms. The number of nitrogens with one attached hydrogen (secondary N) is 2. The lowest BCUT2D eigenvalue weighted by Crippen LogP contribution is -2.27. The zero-order valence-corrected chi connectivity index (χ0v) is 10.4. The van der Waals surface area contributed by atoms with Gasteiger partial charge in [0.1, 0.15) is 11.5 Å². The van der Waals surface area contributed by atoms with Crippen molar-refractivity contribution in [1.82, 2.24) is 25.9 Å². The highest BCUT2D eigenvalue weighted by atomic mass is 16.5. The average Bonchev–Trinajstić information content (AvgIpc) is 2.92. The number of phenolic OH excluding ortho intramolecular Hbond substituents is 1. The largest absolute Gasteiger partial charge is 0.507 e. The van der Waals surface area contributed by atoms with Crippen LogP contribution in [-0.2, 0) is 0 Å². The minimum absolute atomic E-state index is 0.149. The third kappa shape index (κ3) is 2.79. The molecule has 1 aromatic heterocycles. The topological polar surface area (TPSA) is 113 Å². The molecule has 3 N–H and O–H groups in total. The van der Waals surface area contributed by atoms with Crippen LogP contribution in [-0.4, -0.2) is 38.7 Å². The number of amides is 1. The zero-order valence-electron chi connectivity index (χ0n) is 10.4. The summed E-state index contributed by atoms with van der Waals surface area (Å²) in [6.07, 6.45) is 0. The lowest BCUT2D eigenvalue weighted by Gasteiger charge is -2.11. The van der Waals surface area contributed by atoms with E-state index in [0.717, 1.165) is 0 Å². The second-order valence-electron chi connectivity index (χ2n) is 3.85. The molecule has 0 spiro atoms. The van der Waals surface area contributed by atoms with Crippen molar-refractivity contribution in [3.05, 3.63) is 29.6 Å². The van der Waals surface area contributed by atoms with E-state index in [-0.39, 0.29) is 11.3 Å². The number of tetrazole rings is 1. The number of aromatic nitrogens is 4. The summed E-state index contributed by atoms with van der Waals surface area (Å²) in [6, 6.07) is 4.02. The molecule has 8 heteroatoms. The van der Waals surface area contributed by atoms with Crippen LogP contribution in [0.2, 0.25) is 0 Å². The summed E-state index contributed by atoms with van der Waals surface area (Å²) in [4.78, 5) is 12.0. The molecule has 0 saturated heterocycles. The van der Waals surface area contributed by atoms with Crippen molar-refractivity contribution in [3.8, 4) is 11.5 Å². The van der Waals surface area contributed by atoms with Gasteiger partial charge in [0.25, 0.3) is 5.91 Å². The van der Waals surface area contributed by atoms with Gasteiger partial charge in [-0.1, -0.05) is 5.21 Å². The Labute approximate surface area is 108 Å². The number of carbonyl (C=O) groups excluding carboxylic acids is 1. The maximum Gasteiger partial charge on any atom is 0.255 e. The van der Waals surface area contributed by atoms with E-state index in [4.69, 9.17) is 4.74 Å². The molecule has 1 heterocycles.